The Labute approximate surface area is 102 Å². The predicted octanol–water partition coefficient (Wildman–Crippen LogP) is 2.58. The first-order valence-electron chi connectivity index (χ1n) is 5.94. The van der Waals surface area contributed by atoms with Gasteiger partial charge in [0.15, 0.2) is 0 Å². The quantitative estimate of drug-likeness (QED) is 0.850. The van der Waals surface area contributed by atoms with E-state index in [2.05, 4.69) is 48.3 Å². The van der Waals surface area contributed by atoms with Crippen molar-refractivity contribution < 1.29 is 0 Å². The van der Waals surface area contributed by atoms with Gasteiger partial charge in [0.1, 0.15) is 0 Å². The van der Waals surface area contributed by atoms with Gasteiger partial charge in [0.25, 0.3) is 0 Å². The molecule has 3 heteroatoms. The number of aromatic amines is 1. The number of nitrogens with two attached hydrogens (primary N) is 1. The molecule has 0 saturated carbocycles. The van der Waals surface area contributed by atoms with Gasteiger partial charge in [-0.15, -0.1) is 0 Å². The Bertz CT molecular complexity index is 512. The number of hydrogen-bond acceptors (Lipinski definition) is 2. The maximum Gasteiger partial charge on any atom is 0.0926 e. The zero-order valence-electron chi connectivity index (χ0n) is 10.6. The van der Waals surface area contributed by atoms with Gasteiger partial charge in [0.05, 0.1) is 5.69 Å². The largest absolute Gasteiger partial charge is 0.328 e. The van der Waals surface area contributed by atoms with Crippen LogP contribution >= 0.6 is 0 Å². The highest BCUT2D eigenvalue weighted by atomic mass is 15.1. The zero-order chi connectivity index (χ0) is 12.4. The molecule has 0 bridgehead atoms. The third kappa shape index (κ3) is 2.74. The lowest BCUT2D eigenvalue weighted by Crippen LogP contribution is -2.17. The Hall–Kier alpha value is -1.61. The topological polar surface area (TPSA) is 54.7 Å². The van der Waals surface area contributed by atoms with Crippen LogP contribution in [0.15, 0.2) is 24.3 Å². The fourth-order valence-corrected chi connectivity index (χ4v) is 1.96. The van der Waals surface area contributed by atoms with E-state index in [1.165, 1.54) is 16.7 Å². The minimum Gasteiger partial charge on any atom is -0.328 e. The molecule has 0 aliphatic heterocycles. The molecule has 17 heavy (non-hydrogen) atoms. The standard InChI is InChI=1S/C14H19N3/c1-9-4-5-10(2)13(6-9)14-8-12(16-17-14)7-11(3)15/h4-6,8,11H,7,15H2,1-3H3,(H,16,17). The molecule has 1 heterocycles. The van der Waals surface area contributed by atoms with E-state index in [9.17, 15) is 0 Å². The maximum atomic E-state index is 5.78. The number of H-pyrrole nitrogens is 1. The molecule has 0 spiro atoms. The van der Waals surface area contributed by atoms with E-state index < -0.39 is 0 Å². The van der Waals surface area contributed by atoms with Crippen molar-refractivity contribution in [2.24, 2.45) is 5.73 Å². The van der Waals surface area contributed by atoms with Gasteiger partial charge in [0, 0.05) is 23.7 Å². The fourth-order valence-electron chi connectivity index (χ4n) is 1.96. The van der Waals surface area contributed by atoms with Crippen LogP contribution in [0.25, 0.3) is 11.3 Å². The molecule has 1 aromatic carbocycles. The number of hydrogen-bond donors (Lipinski definition) is 2. The van der Waals surface area contributed by atoms with Crippen LogP contribution in [0.4, 0.5) is 0 Å². The van der Waals surface area contributed by atoms with Crippen LogP contribution in [0.1, 0.15) is 23.7 Å². The van der Waals surface area contributed by atoms with Gasteiger partial charge >= 0.3 is 0 Å². The first-order chi connectivity index (χ1) is 8.06. The van der Waals surface area contributed by atoms with Gasteiger partial charge in [-0.25, -0.2) is 0 Å². The van der Waals surface area contributed by atoms with Crippen LogP contribution in [0.5, 0.6) is 0 Å². The molecule has 0 amide bonds. The summed E-state index contributed by atoms with van der Waals surface area (Å²) in [4.78, 5) is 0. The Morgan fingerprint density at radius 3 is 2.76 bits per heavy atom. The minimum absolute atomic E-state index is 0.155. The predicted molar refractivity (Wildman–Crippen MR) is 70.9 cm³/mol. The summed E-state index contributed by atoms with van der Waals surface area (Å²) in [6, 6.07) is 8.66. The molecule has 1 atom stereocenters. The van der Waals surface area contributed by atoms with E-state index in [0.717, 1.165) is 17.8 Å². The van der Waals surface area contributed by atoms with E-state index in [1.54, 1.807) is 0 Å². The number of nitrogens with zero attached hydrogens (tertiary/aromatic N) is 1. The zero-order valence-corrected chi connectivity index (χ0v) is 10.6. The summed E-state index contributed by atoms with van der Waals surface area (Å²) in [5, 5.41) is 7.41. The highest BCUT2D eigenvalue weighted by molar-refractivity contribution is 5.64. The average Bonchev–Trinajstić information content (AvgIpc) is 2.69. The molecule has 2 rings (SSSR count). The van der Waals surface area contributed by atoms with E-state index in [4.69, 9.17) is 5.73 Å². The van der Waals surface area contributed by atoms with Crippen molar-refractivity contribution in [2.45, 2.75) is 33.2 Å². The first kappa shape index (κ1) is 11.9. The molecule has 90 valence electrons. The number of benzene rings is 1. The summed E-state index contributed by atoms with van der Waals surface area (Å²) < 4.78 is 0. The molecule has 1 aromatic heterocycles. The molecule has 1 unspecified atom stereocenters. The van der Waals surface area contributed by atoms with E-state index in [1.807, 2.05) is 6.92 Å². The Balaban J connectivity index is 2.33. The second-order valence-electron chi connectivity index (χ2n) is 4.78. The lowest BCUT2D eigenvalue weighted by atomic mass is 10.0. The van der Waals surface area contributed by atoms with Crippen LogP contribution in [-0.4, -0.2) is 16.2 Å². The minimum atomic E-state index is 0.155. The molecule has 3 N–H and O–H groups in total. The third-order valence-corrected chi connectivity index (χ3v) is 2.84. The van der Waals surface area contributed by atoms with Crippen LogP contribution in [0.2, 0.25) is 0 Å². The molecular formula is C14H19N3. The maximum absolute atomic E-state index is 5.78. The molecule has 0 radical (unpaired) electrons. The molecule has 0 saturated heterocycles. The van der Waals surface area contributed by atoms with Gasteiger partial charge in [-0.2, -0.15) is 5.10 Å². The number of rotatable bonds is 3. The lowest BCUT2D eigenvalue weighted by molar-refractivity contribution is 0.719. The van der Waals surface area contributed by atoms with Crippen LogP contribution in [0, 0.1) is 13.8 Å². The summed E-state index contributed by atoms with van der Waals surface area (Å²) in [5.74, 6) is 0. The van der Waals surface area contributed by atoms with Crippen LogP contribution in [0.3, 0.4) is 0 Å². The van der Waals surface area contributed by atoms with Crippen molar-refractivity contribution in [3.05, 3.63) is 41.1 Å². The molecule has 3 nitrogen and oxygen atoms in total. The number of aryl methyl sites for hydroxylation is 2. The second kappa shape index (κ2) is 4.72. The van der Waals surface area contributed by atoms with E-state index in [0.29, 0.717) is 0 Å². The van der Waals surface area contributed by atoms with Gasteiger partial charge in [-0.1, -0.05) is 17.7 Å². The van der Waals surface area contributed by atoms with E-state index >= 15 is 0 Å². The highest BCUT2D eigenvalue weighted by Gasteiger charge is 2.08. The fraction of sp³-hybridized carbons (Fsp3) is 0.357. The Morgan fingerprint density at radius 1 is 1.29 bits per heavy atom. The number of aromatic nitrogens is 2. The van der Waals surface area contributed by atoms with Crippen molar-refractivity contribution in [2.75, 3.05) is 0 Å². The highest BCUT2D eigenvalue weighted by Crippen LogP contribution is 2.23. The van der Waals surface area contributed by atoms with Gasteiger partial charge in [0.2, 0.25) is 0 Å². The molecular weight excluding hydrogens is 210 g/mol. The summed E-state index contributed by atoms with van der Waals surface area (Å²) in [6.07, 6.45) is 0.831. The smallest absolute Gasteiger partial charge is 0.0926 e. The molecule has 0 fully saturated rings. The summed E-state index contributed by atoms with van der Waals surface area (Å²) in [7, 11) is 0. The van der Waals surface area contributed by atoms with E-state index in [-0.39, 0.29) is 6.04 Å². The van der Waals surface area contributed by atoms with Crippen LogP contribution in [-0.2, 0) is 6.42 Å². The number of nitrogens with one attached hydrogen (secondary N) is 1. The second-order valence-corrected chi connectivity index (χ2v) is 4.78. The van der Waals surface area contributed by atoms with Gasteiger partial charge in [-0.05, 0) is 38.5 Å². The summed E-state index contributed by atoms with van der Waals surface area (Å²) in [6.45, 7) is 6.20. The van der Waals surface area contributed by atoms with Crippen molar-refractivity contribution in [1.82, 2.24) is 10.2 Å². The van der Waals surface area contributed by atoms with Crippen molar-refractivity contribution >= 4 is 0 Å². The summed E-state index contributed by atoms with van der Waals surface area (Å²) in [5.41, 5.74) is 11.6. The van der Waals surface area contributed by atoms with Crippen molar-refractivity contribution in [3.8, 4) is 11.3 Å². The first-order valence-corrected chi connectivity index (χ1v) is 5.94. The third-order valence-electron chi connectivity index (χ3n) is 2.84. The Kier molecular flexibility index (Phi) is 3.29. The molecule has 0 aliphatic carbocycles. The Morgan fingerprint density at radius 2 is 2.06 bits per heavy atom. The van der Waals surface area contributed by atoms with Crippen LogP contribution < -0.4 is 5.73 Å². The van der Waals surface area contributed by atoms with Gasteiger partial charge < -0.3 is 5.73 Å². The summed E-state index contributed by atoms with van der Waals surface area (Å²) >= 11 is 0. The molecule has 0 aliphatic rings. The monoisotopic (exact) mass is 229 g/mol. The normalized spacial score (nSPS) is 12.7. The van der Waals surface area contributed by atoms with Crippen molar-refractivity contribution in [1.29, 1.82) is 0 Å². The average molecular weight is 229 g/mol. The lowest BCUT2D eigenvalue weighted by Gasteiger charge is -2.03. The molecule has 2 aromatic rings. The van der Waals surface area contributed by atoms with Gasteiger partial charge in [-0.3, -0.25) is 5.10 Å². The van der Waals surface area contributed by atoms with Crippen molar-refractivity contribution in [3.63, 3.8) is 0 Å². The SMILES string of the molecule is Cc1ccc(C)c(-c2cc(CC(C)N)[nH]n2)c1.